The minimum atomic E-state index is -1.16. The van der Waals surface area contributed by atoms with Gasteiger partial charge in [0, 0.05) is 17.8 Å². The Hall–Kier alpha value is -2.57. The number of carbonyl (C=O) groups excluding carboxylic acids is 1. The van der Waals surface area contributed by atoms with Gasteiger partial charge < -0.3 is 21.3 Å². The lowest BCUT2D eigenvalue weighted by atomic mass is 10.1. The zero-order valence-electron chi connectivity index (χ0n) is 9.34. The van der Waals surface area contributed by atoms with Crippen LogP contribution in [0.4, 0.5) is 11.4 Å². The Morgan fingerprint density at radius 2 is 1.78 bits per heavy atom. The SMILES string of the molecule is Nc1cc(NC(=O)CCC(=O)O)cc(C(=O)O)c1. The average molecular weight is 252 g/mol. The van der Waals surface area contributed by atoms with Crippen LogP contribution in [0.3, 0.4) is 0 Å². The fourth-order valence-corrected chi connectivity index (χ4v) is 1.29. The lowest BCUT2D eigenvalue weighted by Crippen LogP contribution is -2.14. The molecule has 1 amide bonds. The summed E-state index contributed by atoms with van der Waals surface area (Å²) < 4.78 is 0. The lowest BCUT2D eigenvalue weighted by Gasteiger charge is -2.06. The molecule has 7 nitrogen and oxygen atoms in total. The second kappa shape index (κ2) is 5.67. The van der Waals surface area contributed by atoms with Crippen molar-refractivity contribution in [1.29, 1.82) is 0 Å². The third-order valence-electron chi connectivity index (χ3n) is 2.05. The molecule has 0 unspecified atom stereocenters. The minimum absolute atomic E-state index is 0.0523. The average Bonchev–Trinajstić information content (AvgIpc) is 2.25. The van der Waals surface area contributed by atoms with E-state index in [1.165, 1.54) is 18.2 Å². The van der Waals surface area contributed by atoms with Gasteiger partial charge in [-0.1, -0.05) is 0 Å². The third-order valence-corrected chi connectivity index (χ3v) is 2.05. The third kappa shape index (κ3) is 4.12. The molecule has 7 heteroatoms. The summed E-state index contributed by atoms with van der Waals surface area (Å²) in [6.45, 7) is 0. The van der Waals surface area contributed by atoms with E-state index in [0.717, 1.165) is 0 Å². The Kier molecular flexibility index (Phi) is 4.25. The monoisotopic (exact) mass is 252 g/mol. The fraction of sp³-hybridized carbons (Fsp3) is 0.182. The maximum atomic E-state index is 11.3. The number of nitrogens with two attached hydrogens (primary N) is 1. The van der Waals surface area contributed by atoms with Crippen molar-refractivity contribution in [3.05, 3.63) is 23.8 Å². The number of hydrogen-bond donors (Lipinski definition) is 4. The van der Waals surface area contributed by atoms with Crippen LogP contribution < -0.4 is 11.1 Å². The number of nitrogens with one attached hydrogen (secondary N) is 1. The largest absolute Gasteiger partial charge is 0.481 e. The van der Waals surface area contributed by atoms with Crippen LogP contribution in [-0.2, 0) is 9.59 Å². The number of aromatic carboxylic acids is 1. The number of carboxylic acids is 2. The predicted octanol–water partition coefficient (Wildman–Crippen LogP) is 0.770. The number of carboxylic acid groups (broad SMARTS) is 2. The summed E-state index contributed by atoms with van der Waals surface area (Å²) in [5.41, 5.74) is 5.86. The van der Waals surface area contributed by atoms with E-state index >= 15 is 0 Å². The maximum absolute atomic E-state index is 11.3. The lowest BCUT2D eigenvalue weighted by molar-refractivity contribution is -0.138. The highest BCUT2D eigenvalue weighted by molar-refractivity contribution is 5.95. The number of nitrogen functional groups attached to an aromatic ring is 1. The molecule has 0 atom stereocenters. The van der Waals surface area contributed by atoms with Crippen LogP contribution in [0, 0.1) is 0 Å². The molecule has 0 heterocycles. The maximum Gasteiger partial charge on any atom is 0.335 e. The van der Waals surface area contributed by atoms with Gasteiger partial charge in [-0.05, 0) is 18.2 Å². The number of anilines is 2. The molecule has 0 fully saturated rings. The Labute approximate surface area is 102 Å². The van der Waals surface area contributed by atoms with Crippen LogP contribution in [0.2, 0.25) is 0 Å². The Morgan fingerprint density at radius 1 is 1.11 bits per heavy atom. The van der Waals surface area contributed by atoms with E-state index in [9.17, 15) is 14.4 Å². The van der Waals surface area contributed by atoms with E-state index < -0.39 is 17.8 Å². The summed E-state index contributed by atoms with van der Waals surface area (Å²) in [5.74, 6) is -2.76. The number of aliphatic carboxylic acids is 1. The zero-order valence-corrected chi connectivity index (χ0v) is 9.34. The number of benzene rings is 1. The summed E-state index contributed by atoms with van der Waals surface area (Å²) in [5, 5.41) is 19.6. The Morgan fingerprint density at radius 3 is 2.33 bits per heavy atom. The van der Waals surface area contributed by atoms with E-state index in [1.54, 1.807) is 0 Å². The second-order valence-corrected chi connectivity index (χ2v) is 3.59. The van der Waals surface area contributed by atoms with Crippen molar-refractivity contribution in [3.63, 3.8) is 0 Å². The van der Waals surface area contributed by atoms with Gasteiger partial charge in [-0.15, -0.1) is 0 Å². The molecule has 0 aliphatic rings. The fourth-order valence-electron chi connectivity index (χ4n) is 1.29. The van der Waals surface area contributed by atoms with Crippen molar-refractivity contribution in [2.45, 2.75) is 12.8 Å². The van der Waals surface area contributed by atoms with E-state index in [4.69, 9.17) is 15.9 Å². The zero-order chi connectivity index (χ0) is 13.7. The van der Waals surface area contributed by atoms with E-state index in [1.807, 2.05) is 0 Å². The molecule has 1 aromatic carbocycles. The molecule has 1 rings (SSSR count). The molecular weight excluding hydrogens is 240 g/mol. The van der Waals surface area contributed by atoms with E-state index in [0.29, 0.717) is 0 Å². The minimum Gasteiger partial charge on any atom is -0.481 e. The van der Waals surface area contributed by atoms with Crippen molar-refractivity contribution in [1.82, 2.24) is 0 Å². The van der Waals surface area contributed by atoms with Crippen molar-refractivity contribution in [2.24, 2.45) is 0 Å². The topological polar surface area (TPSA) is 130 Å². The summed E-state index contributed by atoms with van der Waals surface area (Å²) >= 11 is 0. The quantitative estimate of drug-likeness (QED) is 0.572. The van der Waals surface area contributed by atoms with Gasteiger partial charge in [-0.25, -0.2) is 4.79 Å². The van der Waals surface area contributed by atoms with Crippen molar-refractivity contribution >= 4 is 29.2 Å². The van der Waals surface area contributed by atoms with Gasteiger partial charge in [0.1, 0.15) is 0 Å². The summed E-state index contributed by atoms with van der Waals surface area (Å²) in [6.07, 6.45) is -0.480. The highest BCUT2D eigenvalue weighted by Crippen LogP contribution is 2.17. The molecule has 0 spiro atoms. The van der Waals surface area contributed by atoms with Gasteiger partial charge in [0.2, 0.25) is 5.91 Å². The summed E-state index contributed by atoms with van der Waals surface area (Å²) in [4.78, 5) is 32.4. The molecule has 0 saturated carbocycles. The first kappa shape index (κ1) is 13.5. The molecule has 1 aromatic rings. The molecule has 0 aromatic heterocycles. The van der Waals surface area contributed by atoms with Gasteiger partial charge >= 0.3 is 11.9 Å². The molecule has 0 bridgehead atoms. The molecule has 0 saturated heterocycles. The smallest absolute Gasteiger partial charge is 0.335 e. The van der Waals surface area contributed by atoms with E-state index in [-0.39, 0.29) is 29.8 Å². The normalized spacial score (nSPS) is 9.78. The van der Waals surface area contributed by atoms with Crippen molar-refractivity contribution in [3.8, 4) is 0 Å². The van der Waals surface area contributed by atoms with Gasteiger partial charge in [0.15, 0.2) is 0 Å². The standard InChI is InChI=1S/C11H12N2O5/c12-7-3-6(11(17)18)4-8(5-7)13-9(14)1-2-10(15)16/h3-5H,1-2,12H2,(H,13,14)(H,15,16)(H,17,18). The predicted molar refractivity (Wildman–Crippen MR) is 63.3 cm³/mol. The van der Waals surface area contributed by atoms with Gasteiger partial charge in [-0.3, -0.25) is 9.59 Å². The summed E-state index contributed by atoms with van der Waals surface area (Å²) in [7, 11) is 0. The molecule has 5 N–H and O–H groups in total. The van der Waals surface area contributed by atoms with Gasteiger partial charge in [0.05, 0.1) is 12.0 Å². The molecular formula is C11H12N2O5. The number of amides is 1. The van der Waals surface area contributed by atoms with Crippen LogP contribution in [0.5, 0.6) is 0 Å². The van der Waals surface area contributed by atoms with Crippen molar-refractivity contribution in [2.75, 3.05) is 11.1 Å². The van der Waals surface area contributed by atoms with Crippen LogP contribution in [0.25, 0.3) is 0 Å². The first-order chi connectivity index (χ1) is 8.38. The number of rotatable bonds is 5. The molecule has 0 radical (unpaired) electrons. The number of hydrogen-bond acceptors (Lipinski definition) is 4. The van der Waals surface area contributed by atoms with Crippen LogP contribution >= 0.6 is 0 Å². The molecule has 0 aliphatic heterocycles. The van der Waals surface area contributed by atoms with Crippen LogP contribution in [0.15, 0.2) is 18.2 Å². The summed E-state index contributed by atoms with van der Waals surface area (Å²) in [6, 6.07) is 3.90. The van der Waals surface area contributed by atoms with Crippen LogP contribution in [-0.4, -0.2) is 28.1 Å². The second-order valence-electron chi connectivity index (χ2n) is 3.59. The highest BCUT2D eigenvalue weighted by Gasteiger charge is 2.09. The van der Waals surface area contributed by atoms with Gasteiger partial charge in [-0.2, -0.15) is 0 Å². The van der Waals surface area contributed by atoms with Crippen molar-refractivity contribution < 1.29 is 24.6 Å². The molecule has 96 valence electrons. The van der Waals surface area contributed by atoms with E-state index in [2.05, 4.69) is 5.32 Å². The first-order valence-corrected chi connectivity index (χ1v) is 5.04. The van der Waals surface area contributed by atoms with Gasteiger partial charge in [0.25, 0.3) is 0 Å². The Balaban J connectivity index is 2.75. The molecule has 0 aliphatic carbocycles. The number of carbonyl (C=O) groups is 3. The highest BCUT2D eigenvalue weighted by atomic mass is 16.4. The van der Waals surface area contributed by atoms with Crippen LogP contribution in [0.1, 0.15) is 23.2 Å². The Bertz CT molecular complexity index is 498. The first-order valence-electron chi connectivity index (χ1n) is 5.04. The molecule has 18 heavy (non-hydrogen) atoms.